The van der Waals surface area contributed by atoms with Crippen LogP contribution in [0.5, 0.6) is 5.75 Å². The molecule has 5 heteroatoms. The van der Waals surface area contributed by atoms with E-state index in [1.54, 1.807) is 0 Å². The molecular weight excluding hydrogens is 242 g/mol. The molecule has 5 nitrogen and oxygen atoms in total. The summed E-state index contributed by atoms with van der Waals surface area (Å²) in [6.07, 6.45) is 0. The largest absolute Gasteiger partial charge is 0.494 e. The minimum absolute atomic E-state index is 0.0600. The molecule has 0 bridgehead atoms. The summed E-state index contributed by atoms with van der Waals surface area (Å²) < 4.78 is 5.49. The Morgan fingerprint density at radius 1 is 1.58 bits per heavy atom. The number of hydrogen-bond donors (Lipinski definition) is 1. The zero-order valence-electron chi connectivity index (χ0n) is 11.1. The lowest BCUT2D eigenvalue weighted by molar-refractivity contribution is 0.222. The third-order valence-electron chi connectivity index (χ3n) is 3.15. The van der Waals surface area contributed by atoms with Crippen LogP contribution in [0, 0.1) is 18.3 Å². The Balaban J connectivity index is 2.13. The summed E-state index contributed by atoms with van der Waals surface area (Å²) in [5.74, 6) is 0.865. The maximum Gasteiger partial charge on any atom is 0.318 e. The summed E-state index contributed by atoms with van der Waals surface area (Å²) in [4.78, 5) is 13.2. The van der Waals surface area contributed by atoms with Crippen LogP contribution < -0.4 is 10.1 Å². The topological polar surface area (TPSA) is 65.4 Å². The van der Waals surface area contributed by atoms with Crippen LogP contribution in [0.1, 0.15) is 24.1 Å². The van der Waals surface area contributed by atoms with Crippen LogP contribution in [-0.2, 0) is 0 Å². The Bertz CT molecular complexity index is 522. The fourth-order valence-electron chi connectivity index (χ4n) is 2.21. The molecule has 1 aliphatic rings. The second-order valence-electron chi connectivity index (χ2n) is 4.50. The number of urea groups is 1. The van der Waals surface area contributed by atoms with E-state index in [4.69, 9.17) is 10.00 Å². The summed E-state index contributed by atoms with van der Waals surface area (Å²) in [5.41, 5.74) is 2.09. The maximum atomic E-state index is 11.6. The number of carbonyl (C=O) groups is 1. The molecule has 0 aromatic heterocycles. The first-order valence-electron chi connectivity index (χ1n) is 6.31. The van der Waals surface area contributed by atoms with E-state index in [2.05, 4.69) is 5.32 Å². The van der Waals surface area contributed by atoms with Gasteiger partial charge in [0.25, 0.3) is 0 Å². The van der Waals surface area contributed by atoms with Gasteiger partial charge < -0.3 is 15.0 Å². The van der Waals surface area contributed by atoms with Crippen LogP contribution in [0.2, 0.25) is 0 Å². The number of carbonyl (C=O) groups excluding carboxylic acids is 1. The predicted molar refractivity (Wildman–Crippen MR) is 70.8 cm³/mol. The van der Waals surface area contributed by atoms with Gasteiger partial charge in [-0.2, -0.15) is 5.26 Å². The lowest BCUT2D eigenvalue weighted by Crippen LogP contribution is -2.28. The zero-order chi connectivity index (χ0) is 13.8. The van der Waals surface area contributed by atoms with E-state index in [-0.39, 0.29) is 18.6 Å². The summed E-state index contributed by atoms with van der Waals surface area (Å²) in [6, 6.07) is 7.65. The minimum Gasteiger partial charge on any atom is -0.494 e. The van der Waals surface area contributed by atoms with Gasteiger partial charge in [-0.25, -0.2) is 4.79 Å². The lowest BCUT2D eigenvalue weighted by Gasteiger charge is -2.13. The molecule has 0 spiro atoms. The fourth-order valence-corrected chi connectivity index (χ4v) is 2.21. The highest BCUT2D eigenvalue weighted by Crippen LogP contribution is 2.25. The van der Waals surface area contributed by atoms with Crippen molar-refractivity contribution in [3.05, 3.63) is 29.3 Å². The van der Waals surface area contributed by atoms with E-state index in [0.29, 0.717) is 13.2 Å². The molecule has 0 aliphatic carbocycles. The van der Waals surface area contributed by atoms with Gasteiger partial charge in [0.2, 0.25) is 0 Å². The molecule has 1 aromatic rings. The van der Waals surface area contributed by atoms with Gasteiger partial charge in [0.15, 0.2) is 0 Å². The monoisotopic (exact) mass is 259 g/mol. The van der Waals surface area contributed by atoms with Crippen LogP contribution >= 0.6 is 0 Å². The van der Waals surface area contributed by atoms with Gasteiger partial charge in [-0.1, -0.05) is 12.1 Å². The molecule has 1 fully saturated rings. The Kier molecular flexibility index (Phi) is 3.91. The number of aryl methyl sites for hydroxylation is 1. The lowest BCUT2D eigenvalue weighted by atomic mass is 10.0. The summed E-state index contributed by atoms with van der Waals surface area (Å²) in [5, 5.41) is 11.5. The van der Waals surface area contributed by atoms with Gasteiger partial charge in [-0.15, -0.1) is 0 Å². The number of hydrogen-bond acceptors (Lipinski definition) is 3. The minimum atomic E-state index is -0.182. The Morgan fingerprint density at radius 2 is 2.37 bits per heavy atom. The highest BCUT2D eigenvalue weighted by molar-refractivity contribution is 5.77. The van der Waals surface area contributed by atoms with Gasteiger partial charge in [0, 0.05) is 6.54 Å². The van der Waals surface area contributed by atoms with E-state index in [1.165, 1.54) is 4.90 Å². The number of amides is 2. The molecule has 100 valence electrons. The zero-order valence-corrected chi connectivity index (χ0v) is 11.1. The average molecular weight is 259 g/mol. The van der Waals surface area contributed by atoms with Gasteiger partial charge in [-0.3, -0.25) is 0 Å². The van der Waals surface area contributed by atoms with Gasteiger partial charge in [-0.05, 0) is 31.0 Å². The SMILES string of the molecule is CCOc1ccc(C2CN(CC#N)C(=O)N2)cc1C. The van der Waals surface area contributed by atoms with Crippen LogP contribution in [0.4, 0.5) is 4.79 Å². The number of benzene rings is 1. The second-order valence-corrected chi connectivity index (χ2v) is 4.50. The third-order valence-corrected chi connectivity index (χ3v) is 3.15. The molecule has 1 saturated heterocycles. The van der Waals surface area contributed by atoms with Crippen molar-refractivity contribution in [1.82, 2.24) is 10.2 Å². The Labute approximate surface area is 112 Å². The molecule has 0 saturated carbocycles. The van der Waals surface area contributed by atoms with Gasteiger partial charge >= 0.3 is 6.03 Å². The van der Waals surface area contributed by atoms with Crippen molar-refractivity contribution >= 4 is 6.03 Å². The summed E-state index contributed by atoms with van der Waals surface area (Å²) >= 11 is 0. The van der Waals surface area contributed by atoms with Crippen LogP contribution in [0.3, 0.4) is 0 Å². The Hall–Kier alpha value is -2.22. The number of nitriles is 1. The van der Waals surface area contributed by atoms with Crippen LogP contribution in [0.15, 0.2) is 18.2 Å². The van der Waals surface area contributed by atoms with Crippen molar-refractivity contribution in [2.24, 2.45) is 0 Å². The first kappa shape index (κ1) is 13.2. The summed E-state index contributed by atoms with van der Waals surface area (Å²) in [7, 11) is 0. The van der Waals surface area contributed by atoms with Gasteiger partial charge in [0.1, 0.15) is 12.3 Å². The first-order valence-corrected chi connectivity index (χ1v) is 6.31. The smallest absolute Gasteiger partial charge is 0.318 e. The Morgan fingerprint density at radius 3 is 3.00 bits per heavy atom. The summed E-state index contributed by atoms with van der Waals surface area (Å²) in [6.45, 7) is 5.22. The quantitative estimate of drug-likeness (QED) is 0.841. The molecule has 1 N–H and O–H groups in total. The molecule has 1 heterocycles. The molecule has 0 radical (unpaired) electrons. The number of ether oxygens (including phenoxy) is 1. The second kappa shape index (κ2) is 5.61. The normalized spacial score (nSPS) is 18.1. The molecule has 1 aliphatic heterocycles. The molecule has 1 aromatic carbocycles. The highest BCUT2D eigenvalue weighted by atomic mass is 16.5. The molecular formula is C14H17N3O2. The van der Waals surface area contributed by atoms with Crippen molar-refractivity contribution < 1.29 is 9.53 Å². The maximum absolute atomic E-state index is 11.6. The highest BCUT2D eigenvalue weighted by Gasteiger charge is 2.29. The van der Waals surface area contributed by atoms with Crippen molar-refractivity contribution in [3.8, 4) is 11.8 Å². The van der Waals surface area contributed by atoms with E-state index < -0.39 is 0 Å². The van der Waals surface area contributed by atoms with Crippen molar-refractivity contribution in [1.29, 1.82) is 5.26 Å². The first-order chi connectivity index (χ1) is 9.15. The molecule has 2 amide bonds. The average Bonchev–Trinajstić information content (AvgIpc) is 2.74. The number of nitrogens with zero attached hydrogens (tertiary/aromatic N) is 2. The number of nitrogens with one attached hydrogen (secondary N) is 1. The molecule has 1 atom stereocenters. The fraction of sp³-hybridized carbons (Fsp3) is 0.429. The molecule has 19 heavy (non-hydrogen) atoms. The van der Waals surface area contributed by atoms with E-state index in [0.717, 1.165) is 16.9 Å². The van der Waals surface area contributed by atoms with Gasteiger partial charge in [0.05, 0.1) is 18.7 Å². The third kappa shape index (κ3) is 2.79. The van der Waals surface area contributed by atoms with Crippen molar-refractivity contribution in [3.63, 3.8) is 0 Å². The van der Waals surface area contributed by atoms with E-state index >= 15 is 0 Å². The van der Waals surface area contributed by atoms with E-state index in [1.807, 2.05) is 38.1 Å². The number of rotatable bonds is 4. The van der Waals surface area contributed by atoms with Crippen molar-refractivity contribution in [2.75, 3.05) is 19.7 Å². The van der Waals surface area contributed by atoms with Crippen molar-refractivity contribution in [2.45, 2.75) is 19.9 Å². The standard InChI is InChI=1S/C14H17N3O2/c1-3-19-13-5-4-11(8-10(13)2)12-9-17(7-6-15)14(18)16-12/h4-5,8,12H,3,7,9H2,1-2H3,(H,16,18). The molecule has 2 rings (SSSR count). The van der Waals surface area contributed by atoms with Crippen LogP contribution in [-0.4, -0.2) is 30.6 Å². The van der Waals surface area contributed by atoms with E-state index in [9.17, 15) is 4.79 Å². The van der Waals surface area contributed by atoms with Crippen LogP contribution in [0.25, 0.3) is 0 Å². The predicted octanol–water partition coefficient (Wildman–Crippen LogP) is 1.98. The molecule has 1 unspecified atom stereocenters.